The number of nitrogens with zero attached hydrogens (tertiary/aromatic N) is 2. The minimum absolute atomic E-state index is 0.0147. The van der Waals surface area contributed by atoms with Crippen molar-refractivity contribution in [2.24, 2.45) is 0 Å². The van der Waals surface area contributed by atoms with E-state index >= 15 is 0 Å². The third-order valence-electron chi connectivity index (χ3n) is 1.84. The maximum absolute atomic E-state index is 5.16. The second kappa shape index (κ2) is 3.48. The Morgan fingerprint density at radius 3 is 2.15 bits per heavy atom. The fourth-order valence-corrected chi connectivity index (χ4v) is 1.80. The molecule has 0 radical (unpaired) electrons. The van der Waals surface area contributed by atoms with Gasteiger partial charge in [0.2, 0.25) is 5.88 Å². The maximum Gasteiger partial charge on any atom is 0.246 e. The Morgan fingerprint density at radius 1 is 1.38 bits per heavy atom. The molecule has 0 bridgehead atoms. The van der Waals surface area contributed by atoms with Gasteiger partial charge in [-0.15, -0.1) is 5.10 Å². The summed E-state index contributed by atoms with van der Waals surface area (Å²) in [5.41, 5.74) is 1.17. The van der Waals surface area contributed by atoms with Crippen LogP contribution in [-0.2, 0) is 5.54 Å². The molecule has 0 saturated heterocycles. The highest BCUT2D eigenvalue weighted by Crippen LogP contribution is 2.27. The highest BCUT2D eigenvalue weighted by atomic mass is 127. The molecule has 0 aliphatic carbocycles. The summed E-state index contributed by atoms with van der Waals surface area (Å²) < 4.78 is 8.25. The van der Waals surface area contributed by atoms with Gasteiger partial charge in [-0.05, 0) is 50.3 Å². The first-order valence-electron chi connectivity index (χ1n) is 4.17. The molecule has 1 aromatic heterocycles. The summed E-state index contributed by atoms with van der Waals surface area (Å²) in [6, 6.07) is 0. The second-order valence-electron chi connectivity index (χ2n) is 3.99. The third-order valence-corrected chi connectivity index (χ3v) is 3.08. The molecule has 0 amide bonds. The Hall–Kier alpha value is -0.260. The Kier molecular flexibility index (Phi) is 2.89. The molecule has 1 heterocycles. The van der Waals surface area contributed by atoms with Gasteiger partial charge in [-0.25, -0.2) is 0 Å². The van der Waals surface area contributed by atoms with Crippen molar-refractivity contribution in [3.05, 3.63) is 9.26 Å². The molecule has 13 heavy (non-hydrogen) atoms. The van der Waals surface area contributed by atoms with Crippen molar-refractivity contribution in [1.82, 2.24) is 9.78 Å². The number of methoxy groups -OCH3 is 1. The lowest BCUT2D eigenvalue weighted by Gasteiger charge is -2.20. The summed E-state index contributed by atoms with van der Waals surface area (Å²) in [4.78, 5) is 0. The predicted molar refractivity (Wildman–Crippen MR) is 61.2 cm³/mol. The first-order chi connectivity index (χ1) is 5.88. The van der Waals surface area contributed by atoms with Crippen LogP contribution in [0.15, 0.2) is 0 Å². The van der Waals surface area contributed by atoms with Crippen LogP contribution in [0.3, 0.4) is 0 Å². The van der Waals surface area contributed by atoms with Gasteiger partial charge in [0.15, 0.2) is 0 Å². The van der Waals surface area contributed by atoms with Crippen molar-refractivity contribution in [3.8, 4) is 5.88 Å². The van der Waals surface area contributed by atoms with Crippen LogP contribution in [0.25, 0.3) is 0 Å². The van der Waals surface area contributed by atoms with Crippen molar-refractivity contribution >= 4 is 22.6 Å². The van der Waals surface area contributed by atoms with E-state index in [0.717, 1.165) is 9.26 Å². The minimum atomic E-state index is 0.0147. The SMILES string of the molecule is COc1nn(C(C)(C)C)c(C)c1I. The number of hydrogen-bond donors (Lipinski definition) is 0. The van der Waals surface area contributed by atoms with Gasteiger partial charge in [-0.1, -0.05) is 0 Å². The van der Waals surface area contributed by atoms with Gasteiger partial charge in [0.1, 0.15) is 0 Å². The van der Waals surface area contributed by atoms with Crippen molar-refractivity contribution in [2.75, 3.05) is 7.11 Å². The molecule has 0 N–H and O–H groups in total. The second-order valence-corrected chi connectivity index (χ2v) is 5.07. The van der Waals surface area contributed by atoms with Gasteiger partial charge in [-0.3, -0.25) is 4.68 Å². The zero-order valence-electron chi connectivity index (χ0n) is 8.68. The van der Waals surface area contributed by atoms with E-state index in [2.05, 4.69) is 55.4 Å². The van der Waals surface area contributed by atoms with Crippen molar-refractivity contribution < 1.29 is 4.74 Å². The quantitative estimate of drug-likeness (QED) is 0.744. The Balaban J connectivity index is 3.25. The smallest absolute Gasteiger partial charge is 0.246 e. The van der Waals surface area contributed by atoms with Gasteiger partial charge < -0.3 is 4.74 Å². The third kappa shape index (κ3) is 1.98. The molecule has 0 fully saturated rings. The molecular formula is C9H15IN2O. The number of halogens is 1. The molecule has 0 unspecified atom stereocenters. The molecule has 0 aromatic carbocycles. The molecule has 1 aromatic rings. The van der Waals surface area contributed by atoms with E-state index in [0.29, 0.717) is 5.88 Å². The topological polar surface area (TPSA) is 27.1 Å². The van der Waals surface area contributed by atoms with Crippen LogP contribution >= 0.6 is 22.6 Å². The van der Waals surface area contributed by atoms with E-state index < -0.39 is 0 Å². The molecule has 0 aliphatic rings. The van der Waals surface area contributed by atoms with Gasteiger partial charge in [0.25, 0.3) is 0 Å². The highest BCUT2D eigenvalue weighted by molar-refractivity contribution is 14.1. The van der Waals surface area contributed by atoms with Gasteiger partial charge in [-0.2, -0.15) is 0 Å². The molecule has 0 spiro atoms. The average Bonchev–Trinajstić information content (AvgIpc) is 2.28. The summed E-state index contributed by atoms with van der Waals surface area (Å²) in [5.74, 6) is 0.716. The number of ether oxygens (including phenoxy) is 1. The van der Waals surface area contributed by atoms with E-state index in [4.69, 9.17) is 4.74 Å². The average molecular weight is 294 g/mol. The summed E-state index contributed by atoms with van der Waals surface area (Å²) in [6.45, 7) is 8.44. The molecule has 4 heteroatoms. The van der Waals surface area contributed by atoms with E-state index in [-0.39, 0.29) is 5.54 Å². The molecular weight excluding hydrogens is 279 g/mol. The first kappa shape index (κ1) is 10.8. The molecule has 0 aliphatic heterocycles. The zero-order valence-corrected chi connectivity index (χ0v) is 10.8. The van der Waals surface area contributed by atoms with E-state index in [1.807, 2.05) is 4.68 Å². The van der Waals surface area contributed by atoms with E-state index in [1.54, 1.807) is 7.11 Å². The van der Waals surface area contributed by atoms with Gasteiger partial charge in [0, 0.05) is 0 Å². The van der Waals surface area contributed by atoms with Gasteiger partial charge in [0.05, 0.1) is 21.9 Å². The molecule has 1 rings (SSSR count). The minimum Gasteiger partial charge on any atom is -0.479 e. The highest BCUT2D eigenvalue weighted by Gasteiger charge is 2.21. The largest absolute Gasteiger partial charge is 0.479 e. The summed E-state index contributed by atoms with van der Waals surface area (Å²) >= 11 is 2.26. The monoisotopic (exact) mass is 294 g/mol. The van der Waals surface area contributed by atoms with Crippen LogP contribution in [0.2, 0.25) is 0 Å². The first-order valence-corrected chi connectivity index (χ1v) is 5.25. The molecule has 0 atom stereocenters. The maximum atomic E-state index is 5.16. The van der Waals surface area contributed by atoms with Crippen molar-refractivity contribution in [2.45, 2.75) is 33.2 Å². The van der Waals surface area contributed by atoms with Crippen LogP contribution in [0.1, 0.15) is 26.5 Å². The van der Waals surface area contributed by atoms with E-state index in [1.165, 1.54) is 0 Å². The lowest BCUT2D eigenvalue weighted by Crippen LogP contribution is -2.24. The molecule has 3 nitrogen and oxygen atoms in total. The Bertz CT molecular complexity index is 312. The van der Waals surface area contributed by atoms with Crippen molar-refractivity contribution in [1.29, 1.82) is 0 Å². The fourth-order valence-electron chi connectivity index (χ4n) is 1.24. The van der Waals surface area contributed by atoms with Crippen molar-refractivity contribution in [3.63, 3.8) is 0 Å². The van der Waals surface area contributed by atoms with Crippen LogP contribution in [0.4, 0.5) is 0 Å². The Morgan fingerprint density at radius 2 is 1.92 bits per heavy atom. The summed E-state index contributed by atoms with van der Waals surface area (Å²) in [5, 5.41) is 4.39. The standard InChI is InChI=1S/C9H15IN2O/c1-6-7(10)8(13-5)11-12(6)9(2,3)4/h1-5H3. The van der Waals surface area contributed by atoms with Crippen LogP contribution < -0.4 is 4.74 Å². The molecule has 74 valence electrons. The lowest BCUT2D eigenvalue weighted by atomic mass is 10.1. The van der Waals surface area contributed by atoms with Crippen LogP contribution in [0.5, 0.6) is 5.88 Å². The Labute approximate surface area is 92.6 Å². The zero-order chi connectivity index (χ0) is 10.2. The van der Waals surface area contributed by atoms with Gasteiger partial charge >= 0.3 is 0 Å². The summed E-state index contributed by atoms with van der Waals surface area (Å²) in [6.07, 6.45) is 0. The number of hydrogen-bond acceptors (Lipinski definition) is 2. The predicted octanol–water partition coefficient (Wildman–Crippen LogP) is 2.56. The molecule has 0 saturated carbocycles. The van der Waals surface area contributed by atoms with Crippen LogP contribution in [-0.4, -0.2) is 16.9 Å². The van der Waals surface area contributed by atoms with E-state index in [9.17, 15) is 0 Å². The lowest BCUT2D eigenvalue weighted by molar-refractivity contribution is 0.325. The number of rotatable bonds is 1. The summed E-state index contributed by atoms with van der Waals surface area (Å²) in [7, 11) is 1.65. The fraction of sp³-hybridized carbons (Fsp3) is 0.667. The number of aromatic nitrogens is 2. The van der Waals surface area contributed by atoms with Crippen LogP contribution in [0, 0.1) is 10.5 Å². The normalized spacial score (nSPS) is 11.8.